The molecule has 4 heteroatoms. The van der Waals surface area contributed by atoms with Gasteiger partial charge in [-0.1, -0.05) is 6.07 Å². The third-order valence-electron chi connectivity index (χ3n) is 3.86. The van der Waals surface area contributed by atoms with E-state index in [9.17, 15) is 4.39 Å². The zero-order chi connectivity index (χ0) is 13.8. The molecule has 2 rings (SSSR count). The Balaban J connectivity index is 1.98. The van der Waals surface area contributed by atoms with Crippen LogP contribution in [0.25, 0.3) is 0 Å². The first-order valence-corrected chi connectivity index (χ1v) is 6.79. The van der Waals surface area contributed by atoms with Crippen molar-refractivity contribution in [3.8, 4) is 5.75 Å². The number of halogens is 1. The lowest BCUT2D eigenvalue weighted by molar-refractivity contribution is 0.177. The van der Waals surface area contributed by atoms with Crippen molar-refractivity contribution in [1.82, 2.24) is 5.32 Å². The zero-order valence-corrected chi connectivity index (χ0v) is 11.8. The van der Waals surface area contributed by atoms with Crippen molar-refractivity contribution in [2.75, 3.05) is 20.3 Å². The van der Waals surface area contributed by atoms with Crippen molar-refractivity contribution in [3.05, 3.63) is 29.6 Å². The Hall–Kier alpha value is -1.13. The summed E-state index contributed by atoms with van der Waals surface area (Å²) in [5.74, 6) is 0.518. The van der Waals surface area contributed by atoms with Crippen molar-refractivity contribution in [3.63, 3.8) is 0 Å². The van der Waals surface area contributed by atoms with Crippen LogP contribution in [0.3, 0.4) is 0 Å². The number of nitrogens with one attached hydrogen (secondary N) is 1. The van der Waals surface area contributed by atoms with Crippen LogP contribution in [0.2, 0.25) is 0 Å². The molecule has 106 valence electrons. The van der Waals surface area contributed by atoms with Gasteiger partial charge in [0.1, 0.15) is 0 Å². The molecule has 0 saturated carbocycles. The van der Waals surface area contributed by atoms with Gasteiger partial charge in [-0.25, -0.2) is 4.39 Å². The number of methoxy groups -OCH3 is 1. The van der Waals surface area contributed by atoms with Gasteiger partial charge < -0.3 is 14.8 Å². The number of rotatable bonds is 5. The molecule has 1 aromatic rings. The molecular formula is C15H22FNO2. The predicted octanol–water partition coefficient (Wildman–Crippen LogP) is 2.91. The molecule has 1 saturated heterocycles. The van der Waals surface area contributed by atoms with Gasteiger partial charge in [-0.3, -0.25) is 0 Å². The highest BCUT2D eigenvalue weighted by molar-refractivity contribution is 5.30. The van der Waals surface area contributed by atoms with Gasteiger partial charge >= 0.3 is 0 Å². The van der Waals surface area contributed by atoms with E-state index in [2.05, 4.69) is 12.2 Å². The quantitative estimate of drug-likeness (QED) is 0.889. The van der Waals surface area contributed by atoms with E-state index in [4.69, 9.17) is 9.47 Å². The van der Waals surface area contributed by atoms with Gasteiger partial charge in [0.2, 0.25) is 0 Å². The fourth-order valence-electron chi connectivity index (χ4n) is 2.53. The Bertz CT molecular complexity index is 419. The molecule has 0 aromatic heterocycles. The van der Waals surface area contributed by atoms with Gasteiger partial charge in [-0.05, 0) is 43.9 Å². The molecule has 3 unspecified atom stereocenters. The highest BCUT2D eigenvalue weighted by atomic mass is 19.1. The molecule has 0 amide bonds. The largest absolute Gasteiger partial charge is 0.494 e. The van der Waals surface area contributed by atoms with Gasteiger partial charge in [0.05, 0.1) is 13.7 Å². The highest BCUT2D eigenvalue weighted by Crippen LogP contribution is 2.24. The maximum absolute atomic E-state index is 13.7. The molecule has 0 aliphatic carbocycles. The van der Waals surface area contributed by atoms with Gasteiger partial charge in [0.25, 0.3) is 0 Å². The predicted molar refractivity (Wildman–Crippen MR) is 72.9 cm³/mol. The van der Waals surface area contributed by atoms with Crippen molar-refractivity contribution in [2.45, 2.75) is 32.4 Å². The molecule has 1 N–H and O–H groups in total. The van der Waals surface area contributed by atoms with Gasteiger partial charge in [0, 0.05) is 18.7 Å². The second-order valence-corrected chi connectivity index (χ2v) is 5.19. The fourth-order valence-corrected chi connectivity index (χ4v) is 2.53. The zero-order valence-electron chi connectivity index (χ0n) is 11.8. The first-order chi connectivity index (χ1) is 9.11. The summed E-state index contributed by atoms with van der Waals surface area (Å²) in [4.78, 5) is 0. The van der Waals surface area contributed by atoms with Crippen molar-refractivity contribution in [1.29, 1.82) is 0 Å². The van der Waals surface area contributed by atoms with Crippen LogP contribution in [-0.2, 0) is 4.74 Å². The minimum atomic E-state index is -0.314. The first-order valence-electron chi connectivity index (χ1n) is 6.79. The third kappa shape index (κ3) is 3.45. The highest BCUT2D eigenvalue weighted by Gasteiger charge is 2.23. The average molecular weight is 267 g/mol. The maximum Gasteiger partial charge on any atom is 0.165 e. The average Bonchev–Trinajstić information content (AvgIpc) is 2.92. The van der Waals surface area contributed by atoms with Crippen molar-refractivity contribution >= 4 is 0 Å². The van der Waals surface area contributed by atoms with E-state index >= 15 is 0 Å². The van der Waals surface area contributed by atoms with E-state index in [0.29, 0.717) is 12.0 Å². The third-order valence-corrected chi connectivity index (χ3v) is 3.86. The van der Waals surface area contributed by atoms with Gasteiger partial charge in [-0.2, -0.15) is 0 Å². The Morgan fingerprint density at radius 1 is 1.42 bits per heavy atom. The van der Waals surface area contributed by atoms with Crippen LogP contribution in [0.1, 0.15) is 31.9 Å². The summed E-state index contributed by atoms with van der Waals surface area (Å²) in [6.07, 6.45) is 1.10. The summed E-state index contributed by atoms with van der Waals surface area (Å²) >= 11 is 0. The van der Waals surface area contributed by atoms with Crippen LogP contribution < -0.4 is 10.1 Å². The van der Waals surface area contributed by atoms with Gasteiger partial charge in [0.15, 0.2) is 11.6 Å². The monoisotopic (exact) mass is 267 g/mol. The van der Waals surface area contributed by atoms with E-state index in [0.717, 1.165) is 25.2 Å². The summed E-state index contributed by atoms with van der Waals surface area (Å²) in [6.45, 7) is 5.88. The topological polar surface area (TPSA) is 30.5 Å². The first kappa shape index (κ1) is 14.3. The molecule has 1 heterocycles. The van der Waals surface area contributed by atoms with Crippen molar-refractivity contribution in [2.24, 2.45) is 5.92 Å². The van der Waals surface area contributed by atoms with Crippen molar-refractivity contribution < 1.29 is 13.9 Å². The second kappa shape index (κ2) is 6.35. The molecule has 1 fully saturated rings. The number of benzene rings is 1. The second-order valence-electron chi connectivity index (χ2n) is 5.19. The smallest absolute Gasteiger partial charge is 0.165 e. The molecule has 0 spiro atoms. The normalized spacial score (nSPS) is 22.2. The molecule has 1 aliphatic rings. The summed E-state index contributed by atoms with van der Waals surface area (Å²) in [6, 6.07) is 5.58. The van der Waals surface area contributed by atoms with Crippen LogP contribution in [0.4, 0.5) is 4.39 Å². The Morgan fingerprint density at radius 3 is 2.79 bits per heavy atom. The summed E-state index contributed by atoms with van der Waals surface area (Å²) < 4.78 is 24.0. The minimum Gasteiger partial charge on any atom is -0.494 e. The number of ether oxygens (including phenoxy) is 2. The SMILES string of the molecule is COc1ccc(C(C)NC(C)C2CCOC2)cc1F. The summed E-state index contributed by atoms with van der Waals surface area (Å²) in [7, 11) is 1.47. The van der Waals surface area contributed by atoms with Crippen LogP contribution >= 0.6 is 0 Å². The van der Waals surface area contributed by atoms with Crippen LogP contribution in [0.5, 0.6) is 5.75 Å². The molecule has 3 nitrogen and oxygen atoms in total. The standard InChI is InChI=1S/C15H22FNO2/c1-10(17-11(2)13-6-7-19-9-13)12-4-5-15(18-3)14(16)8-12/h4-5,8,10-11,13,17H,6-7,9H2,1-3H3. The van der Waals surface area contributed by atoms with Crippen LogP contribution in [0.15, 0.2) is 18.2 Å². The molecular weight excluding hydrogens is 245 g/mol. The summed E-state index contributed by atoms with van der Waals surface area (Å²) in [5.41, 5.74) is 0.934. The lowest BCUT2D eigenvalue weighted by Crippen LogP contribution is -2.35. The van der Waals surface area contributed by atoms with E-state index < -0.39 is 0 Å². The van der Waals surface area contributed by atoms with E-state index in [-0.39, 0.29) is 17.6 Å². The number of hydrogen-bond acceptors (Lipinski definition) is 3. The summed E-state index contributed by atoms with van der Waals surface area (Å²) in [5, 5.41) is 3.52. The van der Waals surface area contributed by atoms with Crippen LogP contribution in [-0.4, -0.2) is 26.4 Å². The molecule has 1 aliphatic heterocycles. The van der Waals surface area contributed by atoms with Gasteiger partial charge in [-0.15, -0.1) is 0 Å². The maximum atomic E-state index is 13.7. The molecule has 1 aromatic carbocycles. The Kier molecular flexibility index (Phi) is 4.77. The van der Waals surface area contributed by atoms with E-state index in [1.54, 1.807) is 6.07 Å². The van der Waals surface area contributed by atoms with E-state index in [1.165, 1.54) is 13.2 Å². The lowest BCUT2D eigenvalue weighted by Gasteiger charge is -2.24. The molecule has 0 radical (unpaired) electrons. The number of hydrogen-bond donors (Lipinski definition) is 1. The fraction of sp³-hybridized carbons (Fsp3) is 0.600. The molecule has 19 heavy (non-hydrogen) atoms. The van der Waals surface area contributed by atoms with E-state index in [1.807, 2.05) is 13.0 Å². The molecule has 0 bridgehead atoms. The molecule has 3 atom stereocenters. The van der Waals surface area contributed by atoms with Crippen LogP contribution in [0, 0.1) is 11.7 Å². The minimum absolute atomic E-state index is 0.107. The Morgan fingerprint density at radius 2 is 2.21 bits per heavy atom. The Labute approximate surface area is 114 Å². The lowest BCUT2D eigenvalue weighted by atomic mass is 9.98.